The molecule has 0 fully saturated rings. The maximum Gasteiger partial charge on any atom is 2.00 e. The molecule has 0 radical (unpaired) electrons. The van der Waals surface area contributed by atoms with Gasteiger partial charge in [-0.05, 0) is 11.1 Å². The van der Waals surface area contributed by atoms with E-state index >= 15 is 0 Å². The van der Waals surface area contributed by atoms with Gasteiger partial charge in [0.2, 0.25) is 0 Å². The minimum absolute atomic E-state index is 0. The van der Waals surface area contributed by atoms with Crippen molar-refractivity contribution < 1.29 is 36.6 Å². The summed E-state index contributed by atoms with van der Waals surface area (Å²) in [6, 6.07) is 13.5. The summed E-state index contributed by atoms with van der Waals surface area (Å²) < 4.78 is 0. The summed E-state index contributed by atoms with van der Waals surface area (Å²) in [6.07, 6.45) is 3.11. The molecule has 0 amide bonds. The average molecular weight is 385 g/mol. The number of aliphatic imine (C=N–C) groups is 2. The van der Waals surface area contributed by atoms with E-state index < -0.39 is 5.97 Å². The average Bonchev–Trinajstić information content (AvgIpc) is 2.53. The van der Waals surface area contributed by atoms with Crippen LogP contribution in [0.2, 0.25) is 0 Å². The van der Waals surface area contributed by atoms with Gasteiger partial charge in [0.15, 0.2) is 0 Å². The van der Waals surface area contributed by atoms with Crippen LogP contribution >= 0.6 is 0 Å². The van der Waals surface area contributed by atoms with Crippen LogP contribution in [-0.4, -0.2) is 36.6 Å². The van der Waals surface area contributed by atoms with Crippen LogP contribution in [0.1, 0.15) is 18.1 Å². The van der Waals surface area contributed by atoms with Crippen molar-refractivity contribution in [2.75, 3.05) is 13.1 Å². The van der Waals surface area contributed by atoms with Crippen molar-refractivity contribution in [2.45, 2.75) is 6.92 Å². The molecule has 0 saturated heterocycles. The monoisotopic (exact) mass is 384 g/mol. The standard InChI is InChI=1S/C16H16N2O2.C2H4O2.Ni/c19-15-7-3-1-5-13(15)11-17-9-10-18-12-14-6-2-4-8-16(14)20;1-2(3)4;/h1-8,11-12,19-20H,9-10H2;1H3,(H,3,4);/q;;+2/p-2. The van der Waals surface area contributed by atoms with E-state index in [9.17, 15) is 10.2 Å². The van der Waals surface area contributed by atoms with Gasteiger partial charge in [0.25, 0.3) is 5.97 Å². The number of para-hydroxylation sites is 2. The van der Waals surface area contributed by atoms with Gasteiger partial charge >= 0.3 is 16.5 Å². The van der Waals surface area contributed by atoms with Crippen molar-refractivity contribution >= 4 is 18.4 Å². The third kappa shape index (κ3) is 9.94. The van der Waals surface area contributed by atoms with Crippen LogP contribution in [0.5, 0.6) is 11.5 Å². The Kier molecular flexibility index (Phi) is 11.4. The topological polar surface area (TPSA) is 108 Å². The summed E-state index contributed by atoms with van der Waals surface area (Å²) in [5, 5.41) is 30.2. The van der Waals surface area contributed by atoms with Gasteiger partial charge in [-0.25, -0.2) is 0 Å². The molecule has 0 unspecified atom stereocenters. The summed E-state index contributed by atoms with van der Waals surface area (Å²) in [5.41, 5.74) is 1.14. The van der Waals surface area contributed by atoms with Gasteiger partial charge in [-0.1, -0.05) is 48.5 Å². The Hall–Kier alpha value is -2.66. The largest absolute Gasteiger partial charge is 2.00 e. The zero-order valence-corrected chi connectivity index (χ0v) is 14.6. The predicted octanol–water partition coefficient (Wildman–Crippen LogP) is 1.46. The van der Waals surface area contributed by atoms with Crippen LogP contribution in [0.15, 0.2) is 58.5 Å². The van der Waals surface area contributed by atoms with Gasteiger partial charge in [-0.2, -0.15) is 0 Å². The molecule has 0 aliphatic rings. The van der Waals surface area contributed by atoms with E-state index in [4.69, 9.17) is 9.90 Å². The van der Waals surface area contributed by atoms with E-state index in [-0.39, 0.29) is 28.0 Å². The fourth-order valence-electron chi connectivity index (χ4n) is 1.62. The van der Waals surface area contributed by atoms with Gasteiger partial charge in [0, 0.05) is 19.4 Å². The minimum atomic E-state index is -0.833. The molecule has 134 valence electrons. The van der Waals surface area contributed by atoms with Crippen LogP contribution in [0.3, 0.4) is 0 Å². The third-order valence-corrected chi connectivity index (χ3v) is 2.66. The molecule has 0 aliphatic heterocycles. The summed E-state index contributed by atoms with van der Waals surface area (Å²) in [6.45, 7) is 2.04. The number of carboxylic acids is 1. The SMILES string of the molecule is CC(=O)O.[Ni+2].[O-]c1ccccc1C=NCCN=Cc1ccccc1[O-]. The summed E-state index contributed by atoms with van der Waals surface area (Å²) in [4.78, 5) is 17.3. The molecule has 2 rings (SSSR count). The second-order valence-electron chi connectivity index (χ2n) is 4.67. The molecule has 1 N–H and O–H groups in total. The molecule has 2 aromatic carbocycles. The van der Waals surface area contributed by atoms with Crippen molar-refractivity contribution in [2.24, 2.45) is 9.98 Å². The number of carboxylic acid groups (broad SMARTS) is 1. The normalized spacial score (nSPS) is 10.1. The fraction of sp³-hybridized carbons (Fsp3) is 0.167. The minimum Gasteiger partial charge on any atom is -0.872 e. The molecule has 7 heteroatoms. The molecule has 2 aromatic rings. The summed E-state index contributed by atoms with van der Waals surface area (Å²) in [5.74, 6) is -0.917. The third-order valence-electron chi connectivity index (χ3n) is 2.66. The zero-order valence-electron chi connectivity index (χ0n) is 13.6. The van der Waals surface area contributed by atoms with Crippen molar-refractivity contribution in [3.8, 4) is 11.5 Å². The van der Waals surface area contributed by atoms with Crippen molar-refractivity contribution in [1.29, 1.82) is 0 Å². The van der Waals surface area contributed by atoms with Gasteiger partial charge in [-0.15, -0.1) is 11.5 Å². The molecular formula is C18H18N2NiO4. The molecular weight excluding hydrogens is 367 g/mol. The number of hydrogen-bond donors (Lipinski definition) is 1. The van der Waals surface area contributed by atoms with E-state index in [1.807, 2.05) is 0 Å². The number of benzene rings is 2. The molecule has 0 saturated carbocycles. The van der Waals surface area contributed by atoms with Gasteiger partial charge in [-0.3, -0.25) is 14.8 Å². The smallest absolute Gasteiger partial charge is 0.872 e. The Balaban J connectivity index is 0.00000104. The molecule has 0 atom stereocenters. The Morgan fingerprint density at radius 2 is 1.24 bits per heavy atom. The molecule has 0 aliphatic carbocycles. The van der Waals surface area contributed by atoms with Crippen LogP contribution in [0.4, 0.5) is 0 Å². The van der Waals surface area contributed by atoms with E-state index in [2.05, 4.69) is 9.98 Å². The van der Waals surface area contributed by atoms with Crippen molar-refractivity contribution in [3.63, 3.8) is 0 Å². The first-order valence-electron chi connectivity index (χ1n) is 7.22. The van der Waals surface area contributed by atoms with E-state index in [1.165, 1.54) is 12.1 Å². The van der Waals surface area contributed by atoms with Crippen LogP contribution in [-0.2, 0) is 21.3 Å². The van der Waals surface area contributed by atoms with Gasteiger partial charge in [0.1, 0.15) is 0 Å². The van der Waals surface area contributed by atoms with Gasteiger partial charge in [0.05, 0.1) is 13.1 Å². The molecule has 0 heterocycles. The number of hydrogen-bond acceptors (Lipinski definition) is 5. The molecule has 0 spiro atoms. The first kappa shape index (κ1) is 22.3. The first-order chi connectivity index (χ1) is 11.5. The van der Waals surface area contributed by atoms with Crippen LogP contribution < -0.4 is 10.2 Å². The molecule has 25 heavy (non-hydrogen) atoms. The Morgan fingerprint density at radius 1 is 0.920 bits per heavy atom. The number of rotatable bonds is 5. The quantitative estimate of drug-likeness (QED) is 0.478. The number of nitrogens with zero attached hydrogens (tertiary/aromatic N) is 2. The zero-order chi connectivity index (χ0) is 17.8. The molecule has 0 bridgehead atoms. The Bertz CT molecular complexity index is 658. The van der Waals surface area contributed by atoms with Gasteiger partial charge < -0.3 is 15.3 Å². The summed E-state index contributed by atoms with van der Waals surface area (Å²) in [7, 11) is 0. The second kappa shape index (κ2) is 12.7. The molecule has 6 nitrogen and oxygen atoms in total. The Morgan fingerprint density at radius 3 is 1.56 bits per heavy atom. The van der Waals surface area contributed by atoms with E-state index in [0.29, 0.717) is 24.2 Å². The van der Waals surface area contributed by atoms with E-state index in [0.717, 1.165) is 6.92 Å². The maximum absolute atomic E-state index is 11.4. The van der Waals surface area contributed by atoms with Crippen molar-refractivity contribution in [1.82, 2.24) is 0 Å². The predicted molar refractivity (Wildman–Crippen MR) is 90.0 cm³/mol. The first-order valence-corrected chi connectivity index (χ1v) is 7.22. The fourth-order valence-corrected chi connectivity index (χ4v) is 1.62. The number of aliphatic carboxylic acids is 1. The van der Waals surface area contributed by atoms with Crippen LogP contribution in [0.25, 0.3) is 0 Å². The second-order valence-corrected chi connectivity index (χ2v) is 4.67. The van der Waals surface area contributed by atoms with Crippen LogP contribution in [0, 0.1) is 0 Å². The van der Waals surface area contributed by atoms with E-state index in [1.54, 1.807) is 48.8 Å². The summed E-state index contributed by atoms with van der Waals surface area (Å²) >= 11 is 0. The number of carbonyl (C=O) groups is 1. The van der Waals surface area contributed by atoms with Crippen molar-refractivity contribution in [3.05, 3.63) is 59.7 Å². The maximum atomic E-state index is 11.4. The Labute approximate surface area is 156 Å². The molecule has 0 aromatic heterocycles.